The van der Waals surface area contributed by atoms with Gasteiger partial charge in [0.1, 0.15) is 0 Å². The van der Waals surface area contributed by atoms with Gasteiger partial charge in [-0.15, -0.1) is 0 Å². The second-order valence-electron chi connectivity index (χ2n) is 1.82. The van der Waals surface area contributed by atoms with Crippen LogP contribution in [0.1, 0.15) is 5.56 Å². The fourth-order valence-corrected chi connectivity index (χ4v) is 1.25. The molecule has 0 atom stereocenters. The Kier molecular flexibility index (Phi) is 3.15. The van der Waals surface area contributed by atoms with Gasteiger partial charge in [-0.3, -0.25) is 0 Å². The second-order valence-corrected chi connectivity index (χ2v) is 2.60. The van der Waals surface area contributed by atoms with E-state index >= 15 is 0 Å². The van der Waals surface area contributed by atoms with Gasteiger partial charge in [0.05, 0.1) is 0 Å². The van der Waals surface area contributed by atoms with Crippen molar-refractivity contribution in [1.29, 1.82) is 0 Å². The molecule has 0 amide bonds. The van der Waals surface area contributed by atoms with Gasteiger partial charge < -0.3 is 5.21 Å². The van der Waals surface area contributed by atoms with Gasteiger partial charge in [-0.2, -0.15) is 11.3 Å². The van der Waals surface area contributed by atoms with Crippen LogP contribution in [0.15, 0.2) is 22.9 Å². The molecule has 0 radical (unpaired) electrons. The molecule has 1 rings (SSSR count). The Morgan fingerprint density at radius 3 is 3.20 bits per heavy atom. The molecule has 2 N–H and O–H groups in total. The summed E-state index contributed by atoms with van der Waals surface area (Å²) in [4.78, 5) is 0. The minimum atomic E-state index is 0.496. The summed E-state index contributed by atoms with van der Waals surface area (Å²) in [6, 6.07) is 2.03. The van der Waals surface area contributed by atoms with E-state index in [0.717, 1.165) is 0 Å². The molecule has 0 saturated carbocycles. The molecule has 0 bridgehead atoms. The largest absolute Gasteiger partial charge is 0.317 e. The summed E-state index contributed by atoms with van der Waals surface area (Å²) in [5.74, 6) is 0. The van der Waals surface area contributed by atoms with Crippen LogP contribution in [-0.2, 0) is 0 Å². The van der Waals surface area contributed by atoms with Gasteiger partial charge in [-0.05, 0) is 22.4 Å². The molecule has 0 aliphatic rings. The van der Waals surface area contributed by atoms with Gasteiger partial charge in [0, 0.05) is 6.54 Å². The van der Waals surface area contributed by atoms with Gasteiger partial charge >= 0.3 is 0 Å². The molecule has 10 heavy (non-hydrogen) atoms. The minimum Gasteiger partial charge on any atom is -0.317 e. The highest BCUT2D eigenvalue weighted by molar-refractivity contribution is 7.08. The van der Waals surface area contributed by atoms with Gasteiger partial charge in [-0.25, -0.2) is 5.48 Å². The third-order valence-electron chi connectivity index (χ3n) is 1.06. The summed E-state index contributed by atoms with van der Waals surface area (Å²) >= 11 is 1.66. The molecular weight excluding hydrogens is 146 g/mol. The van der Waals surface area contributed by atoms with Gasteiger partial charge in [0.25, 0.3) is 0 Å². The molecule has 0 spiro atoms. The fraction of sp³-hybridized carbons (Fsp3) is 0.143. The Morgan fingerprint density at radius 2 is 2.60 bits per heavy atom. The van der Waals surface area contributed by atoms with Crippen molar-refractivity contribution >= 4 is 17.4 Å². The zero-order chi connectivity index (χ0) is 7.23. The van der Waals surface area contributed by atoms with Crippen LogP contribution in [0.2, 0.25) is 0 Å². The van der Waals surface area contributed by atoms with Crippen LogP contribution in [0, 0.1) is 0 Å². The predicted molar refractivity (Wildman–Crippen MR) is 43.1 cm³/mol. The van der Waals surface area contributed by atoms with Crippen LogP contribution in [0.4, 0.5) is 0 Å². The first kappa shape index (κ1) is 7.47. The Labute approximate surface area is 63.8 Å². The highest BCUT2D eigenvalue weighted by Crippen LogP contribution is 2.06. The number of rotatable bonds is 3. The lowest BCUT2D eigenvalue weighted by Gasteiger charge is -1.85. The van der Waals surface area contributed by atoms with Crippen LogP contribution in [-0.4, -0.2) is 11.8 Å². The maximum Gasteiger partial charge on any atom is 0.0391 e. The maximum atomic E-state index is 8.20. The Morgan fingerprint density at radius 1 is 1.70 bits per heavy atom. The number of thiophene rings is 1. The second kappa shape index (κ2) is 4.22. The first-order chi connectivity index (χ1) is 4.93. The molecular formula is C7H9NOS. The average molecular weight is 155 g/mol. The van der Waals surface area contributed by atoms with Crippen LogP contribution >= 0.6 is 11.3 Å². The highest BCUT2D eigenvalue weighted by Gasteiger charge is 1.82. The van der Waals surface area contributed by atoms with Crippen molar-refractivity contribution in [1.82, 2.24) is 5.48 Å². The van der Waals surface area contributed by atoms with Gasteiger partial charge in [-0.1, -0.05) is 12.2 Å². The minimum absolute atomic E-state index is 0.496. The summed E-state index contributed by atoms with van der Waals surface area (Å²) in [5.41, 5.74) is 3.23. The van der Waals surface area contributed by atoms with E-state index in [4.69, 9.17) is 5.21 Å². The molecule has 1 aromatic rings. The van der Waals surface area contributed by atoms with Crippen LogP contribution < -0.4 is 5.48 Å². The van der Waals surface area contributed by atoms with Crippen molar-refractivity contribution in [2.75, 3.05) is 6.54 Å². The van der Waals surface area contributed by atoms with Crippen molar-refractivity contribution in [2.24, 2.45) is 0 Å². The van der Waals surface area contributed by atoms with Crippen LogP contribution in [0.5, 0.6) is 0 Å². The van der Waals surface area contributed by atoms with Crippen molar-refractivity contribution in [3.63, 3.8) is 0 Å². The Bertz CT molecular complexity index is 193. The van der Waals surface area contributed by atoms with E-state index in [1.54, 1.807) is 11.3 Å². The average Bonchev–Trinajstić information content (AvgIpc) is 2.41. The van der Waals surface area contributed by atoms with Crippen LogP contribution in [0.3, 0.4) is 0 Å². The van der Waals surface area contributed by atoms with E-state index in [1.807, 2.05) is 34.5 Å². The van der Waals surface area contributed by atoms with Crippen LogP contribution in [0.25, 0.3) is 6.08 Å². The molecule has 54 valence electrons. The molecule has 3 heteroatoms. The molecule has 2 nitrogen and oxygen atoms in total. The first-order valence-electron chi connectivity index (χ1n) is 2.99. The number of hydrogen-bond acceptors (Lipinski definition) is 3. The summed E-state index contributed by atoms with van der Waals surface area (Å²) in [7, 11) is 0. The quantitative estimate of drug-likeness (QED) is 0.652. The lowest BCUT2D eigenvalue weighted by molar-refractivity contribution is 0.180. The summed E-state index contributed by atoms with van der Waals surface area (Å²) in [5, 5.41) is 12.3. The lowest BCUT2D eigenvalue weighted by atomic mass is 10.3. The third kappa shape index (κ3) is 2.31. The van der Waals surface area contributed by atoms with E-state index < -0.39 is 0 Å². The molecule has 0 aromatic carbocycles. The zero-order valence-corrected chi connectivity index (χ0v) is 6.27. The van der Waals surface area contributed by atoms with Gasteiger partial charge in [0.15, 0.2) is 0 Å². The summed E-state index contributed by atoms with van der Waals surface area (Å²) in [6.45, 7) is 0.496. The van der Waals surface area contributed by atoms with Gasteiger partial charge in [0.2, 0.25) is 0 Å². The van der Waals surface area contributed by atoms with Crippen molar-refractivity contribution in [3.8, 4) is 0 Å². The molecule has 0 aliphatic heterocycles. The molecule has 0 aliphatic carbocycles. The maximum absolute atomic E-state index is 8.20. The summed E-state index contributed by atoms with van der Waals surface area (Å²) < 4.78 is 0. The summed E-state index contributed by atoms with van der Waals surface area (Å²) in [6.07, 6.45) is 3.82. The van der Waals surface area contributed by atoms with E-state index in [-0.39, 0.29) is 0 Å². The zero-order valence-electron chi connectivity index (χ0n) is 5.45. The fourth-order valence-electron chi connectivity index (χ4n) is 0.618. The van der Waals surface area contributed by atoms with Crippen molar-refractivity contribution in [2.45, 2.75) is 0 Å². The standard InChI is InChI=1S/C7H9NOS/c9-8-4-1-2-7-3-5-10-6-7/h1-3,5-6,8-9H,4H2/b2-1+. The molecule has 0 fully saturated rings. The molecule has 0 saturated heterocycles. The Balaban J connectivity index is 2.40. The first-order valence-corrected chi connectivity index (χ1v) is 3.93. The third-order valence-corrected chi connectivity index (χ3v) is 1.76. The normalized spacial score (nSPS) is 10.9. The number of hydroxylamine groups is 1. The SMILES string of the molecule is ONC/C=C/c1ccsc1. The topological polar surface area (TPSA) is 32.3 Å². The van der Waals surface area contributed by atoms with E-state index in [1.165, 1.54) is 5.56 Å². The smallest absolute Gasteiger partial charge is 0.0391 e. The number of hydrogen-bond donors (Lipinski definition) is 2. The van der Waals surface area contributed by atoms with Crippen molar-refractivity contribution in [3.05, 3.63) is 28.5 Å². The van der Waals surface area contributed by atoms with E-state index in [0.29, 0.717) is 6.54 Å². The molecule has 0 unspecified atom stereocenters. The predicted octanol–water partition coefficient (Wildman–Crippen LogP) is 1.74. The Hall–Kier alpha value is -0.640. The number of nitrogens with one attached hydrogen (secondary N) is 1. The highest BCUT2D eigenvalue weighted by atomic mass is 32.1. The lowest BCUT2D eigenvalue weighted by Crippen LogP contribution is -2.04. The van der Waals surface area contributed by atoms with E-state index in [2.05, 4.69) is 0 Å². The van der Waals surface area contributed by atoms with Crippen molar-refractivity contribution < 1.29 is 5.21 Å². The van der Waals surface area contributed by atoms with E-state index in [9.17, 15) is 0 Å². The molecule has 1 aromatic heterocycles. The monoisotopic (exact) mass is 155 g/mol. The molecule has 1 heterocycles.